The lowest BCUT2D eigenvalue weighted by Gasteiger charge is -2.19. The molecule has 0 bridgehead atoms. The van der Waals surface area contributed by atoms with Gasteiger partial charge in [0.1, 0.15) is 11.6 Å². The number of aryl methyl sites for hydroxylation is 1. The van der Waals surface area contributed by atoms with Crippen molar-refractivity contribution in [1.29, 1.82) is 0 Å². The minimum atomic E-state index is -0.492. The molecule has 3 rings (SSSR count). The van der Waals surface area contributed by atoms with Crippen molar-refractivity contribution >= 4 is 0 Å². The van der Waals surface area contributed by atoms with E-state index in [-0.39, 0.29) is 18.8 Å². The third-order valence-electron chi connectivity index (χ3n) is 4.47. The van der Waals surface area contributed by atoms with Crippen molar-refractivity contribution in [1.82, 2.24) is 9.55 Å². The van der Waals surface area contributed by atoms with Crippen LogP contribution in [0, 0.1) is 29.5 Å². The van der Waals surface area contributed by atoms with Gasteiger partial charge in [-0.05, 0) is 42.2 Å². The molecular weight excluding hydrogens is 383 g/mol. The third kappa shape index (κ3) is 5.20. The number of methoxy groups -OCH3 is 1. The molecule has 2 heterocycles. The second-order valence-corrected chi connectivity index (χ2v) is 6.52. The molecule has 0 fully saturated rings. The highest BCUT2D eigenvalue weighted by atomic mass is 19.1. The van der Waals surface area contributed by atoms with Crippen LogP contribution < -0.4 is 10.3 Å². The Balaban J connectivity index is 2.00. The first kappa shape index (κ1) is 21.0. The number of rotatable bonds is 6. The van der Waals surface area contributed by atoms with Crippen LogP contribution in [0.2, 0.25) is 0 Å². The average Bonchev–Trinajstić information content (AvgIpc) is 3.26. The van der Waals surface area contributed by atoms with E-state index in [1.54, 1.807) is 37.8 Å². The fraction of sp³-hybridized carbons (Fsp3) is 0.208. The molecule has 1 N–H and O–H groups in total. The number of halogens is 1. The van der Waals surface area contributed by atoms with Crippen molar-refractivity contribution in [3.63, 3.8) is 0 Å². The van der Waals surface area contributed by atoms with Gasteiger partial charge in [0.05, 0.1) is 0 Å². The van der Waals surface area contributed by atoms with E-state index >= 15 is 0 Å². The summed E-state index contributed by atoms with van der Waals surface area (Å²) in [5.41, 5.74) is 1.69. The van der Waals surface area contributed by atoms with Crippen molar-refractivity contribution in [3.05, 3.63) is 87.9 Å². The number of ether oxygens (including phenoxy) is 2. The molecular formula is C24H21FN2O3. The van der Waals surface area contributed by atoms with Gasteiger partial charge in [-0.3, -0.25) is 4.79 Å². The molecule has 0 saturated carbocycles. The predicted molar refractivity (Wildman–Crippen MR) is 112 cm³/mol. The van der Waals surface area contributed by atoms with Crippen LogP contribution in [0.1, 0.15) is 29.0 Å². The normalized spacial score (nSPS) is 11.0. The fourth-order valence-electron chi connectivity index (χ4n) is 3.02. The number of benzene rings is 1. The Morgan fingerprint density at radius 2 is 2.07 bits per heavy atom. The molecule has 0 radical (unpaired) electrons. The topological polar surface area (TPSA) is 56.2 Å². The zero-order chi connectivity index (χ0) is 21.3. The molecule has 1 unspecified atom stereocenters. The van der Waals surface area contributed by atoms with Crippen LogP contribution in [0.5, 0.6) is 5.75 Å². The van der Waals surface area contributed by atoms with E-state index in [4.69, 9.17) is 9.47 Å². The smallest absolute Gasteiger partial charge is 0.254 e. The van der Waals surface area contributed by atoms with E-state index in [1.165, 1.54) is 29.9 Å². The molecule has 30 heavy (non-hydrogen) atoms. The number of aromatic nitrogens is 2. The molecule has 1 aromatic carbocycles. The van der Waals surface area contributed by atoms with Gasteiger partial charge in [0, 0.05) is 61.8 Å². The Hall–Kier alpha value is -3.74. The predicted octanol–water partition coefficient (Wildman–Crippen LogP) is 3.41. The maximum absolute atomic E-state index is 14.1. The van der Waals surface area contributed by atoms with Crippen molar-refractivity contribution in [2.75, 3.05) is 13.9 Å². The van der Waals surface area contributed by atoms with E-state index in [2.05, 4.69) is 28.7 Å². The number of pyridine rings is 1. The molecule has 1 atom stereocenters. The summed E-state index contributed by atoms with van der Waals surface area (Å²) in [7, 11) is 3.17. The fourth-order valence-corrected chi connectivity index (χ4v) is 3.02. The van der Waals surface area contributed by atoms with Gasteiger partial charge < -0.3 is 19.0 Å². The monoisotopic (exact) mass is 404 g/mol. The van der Waals surface area contributed by atoms with E-state index in [0.717, 1.165) is 5.56 Å². The highest BCUT2D eigenvalue weighted by molar-refractivity contribution is 5.44. The molecule has 6 heteroatoms. The number of nitrogens with zero attached hydrogens (tertiary/aromatic N) is 1. The van der Waals surface area contributed by atoms with Gasteiger partial charge in [-0.25, -0.2) is 4.39 Å². The van der Waals surface area contributed by atoms with E-state index in [0.29, 0.717) is 16.9 Å². The Morgan fingerprint density at radius 3 is 2.83 bits per heavy atom. The Bertz CT molecular complexity index is 1170. The van der Waals surface area contributed by atoms with Crippen LogP contribution in [-0.4, -0.2) is 23.5 Å². The maximum atomic E-state index is 14.1. The number of H-pyrrole nitrogens is 1. The van der Waals surface area contributed by atoms with Crippen LogP contribution in [0.4, 0.5) is 4.39 Å². The molecule has 152 valence electrons. The van der Waals surface area contributed by atoms with Gasteiger partial charge in [0.2, 0.25) is 0 Å². The maximum Gasteiger partial charge on any atom is 0.254 e. The molecule has 0 aliphatic heterocycles. The number of aromatic amines is 1. The summed E-state index contributed by atoms with van der Waals surface area (Å²) in [6.07, 6.45) is 5.50. The lowest BCUT2D eigenvalue weighted by Crippen LogP contribution is -2.23. The van der Waals surface area contributed by atoms with E-state index in [1.807, 2.05) is 6.07 Å². The summed E-state index contributed by atoms with van der Waals surface area (Å²) in [5, 5.41) is 0. The summed E-state index contributed by atoms with van der Waals surface area (Å²) < 4.78 is 26.2. The summed E-state index contributed by atoms with van der Waals surface area (Å²) >= 11 is 0. The largest absolute Gasteiger partial charge is 0.467 e. The lowest BCUT2D eigenvalue weighted by molar-refractivity contribution is 0.0502. The van der Waals surface area contributed by atoms with Gasteiger partial charge in [0.15, 0.2) is 6.79 Å². The average molecular weight is 404 g/mol. The number of nitrogens with one attached hydrogen (secondary N) is 1. The van der Waals surface area contributed by atoms with Gasteiger partial charge in [0.25, 0.3) is 5.56 Å². The Morgan fingerprint density at radius 1 is 1.20 bits per heavy atom. The molecule has 2 aromatic heterocycles. The van der Waals surface area contributed by atoms with Crippen LogP contribution in [0.3, 0.4) is 0 Å². The van der Waals surface area contributed by atoms with Crippen molar-refractivity contribution < 1.29 is 13.9 Å². The summed E-state index contributed by atoms with van der Waals surface area (Å²) in [5.74, 6) is 11.1. The zero-order valence-electron chi connectivity index (χ0n) is 16.7. The second kappa shape index (κ2) is 10.2. The molecule has 3 aromatic rings. The summed E-state index contributed by atoms with van der Waals surface area (Å²) in [6, 6.07) is 9.56. The first-order valence-electron chi connectivity index (χ1n) is 9.28. The minimum Gasteiger partial charge on any atom is -0.467 e. The van der Waals surface area contributed by atoms with Crippen LogP contribution >= 0.6 is 0 Å². The number of hydrogen-bond donors (Lipinski definition) is 1. The summed E-state index contributed by atoms with van der Waals surface area (Å²) in [4.78, 5) is 15.7. The van der Waals surface area contributed by atoms with Crippen LogP contribution in [-0.2, 0) is 11.8 Å². The van der Waals surface area contributed by atoms with Gasteiger partial charge in [-0.15, -0.1) is 0 Å². The van der Waals surface area contributed by atoms with Gasteiger partial charge >= 0.3 is 0 Å². The molecule has 0 aliphatic rings. The number of hydrogen-bond acceptors (Lipinski definition) is 3. The molecule has 0 aliphatic carbocycles. The first-order chi connectivity index (χ1) is 14.6. The molecule has 0 saturated heterocycles. The molecule has 0 amide bonds. The highest BCUT2D eigenvalue weighted by Crippen LogP contribution is 2.33. The third-order valence-corrected chi connectivity index (χ3v) is 4.47. The summed E-state index contributed by atoms with van der Waals surface area (Å²) in [6.45, 7) is 0.00592. The van der Waals surface area contributed by atoms with Gasteiger partial charge in [-0.2, -0.15) is 0 Å². The van der Waals surface area contributed by atoms with Gasteiger partial charge in [-0.1, -0.05) is 17.9 Å². The second-order valence-electron chi connectivity index (χ2n) is 6.52. The highest BCUT2D eigenvalue weighted by Gasteiger charge is 2.22. The van der Waals surface area contributed by atoms with Crippen molar-refractivity contribution in [3.8, 4) is 29.4 Å². The quantitative estimate of drug-likeness (QED) is 0.506. The van der Waals surface area contributed by atoms with Crippen LogP contribution in [0.15, 0.2) is 59.8 Å². The first-order valence-corrected chi connectivity index (χ1v) is 9.28. The van der Waals surface area contributed by atoms with Crippen molar-refractivity contribution in [2.24, 2.45) is 7.05 Å². The van der Waals surface area contributed by atoms with Crippen LogP contribution in [0.25, 0.3) is 0 Å². The Labute approximate surface area is 174 Å². The zero-order valence-corrected chi connectivity index (χ0v) is 16.7. The minimum absolute atomic E-state index is 0.00592. The molecule has 5 nitrogen and oxygen atoms in total. The van der Waals surface area contributed by atoms with E-state index in [9.17, 15) is 9.18 Å². The molecule has 0 spiro atoms. The standard InChI is InChI=1S/C24H21FN2O3/c1-27-14-6-9-21(24(27)28)20(8-5-3-4-7-18-12-13-26-16-18)22-15-19(25)10-11-23(22)30-17-29-2/h6,9-16,20,26H,8,17H2,1-2H3. The SMILES string of the molecule is COCOc1ccc(F)cc1C(CC#CC#Cc1cc[nH]c1)c1cccn(C)c1=O. The van der Waals surface area contributed by atoms with E-state index < -0.39 is 11.7 Å². The Kier molecular flexibility index (Phi) is 7.10. The van der Waals surface area contributed by atoms with Crippen molar-refractivity contribution in [2.45, 2.75) is 12.3 Å². The lowest BCUT2D eigenvalue weighted by atomic mass is 9.88.